The molecule has 0 bridgehead atoms. The molecule has 0 saturated heterocycles. The first-order chi connectivity index (χ1) is 10.6. The van der Waals surface area contributed by atoms with Gasteiger partial charge in [0.15, 0.2) is 0 Å². The van der Waals surface area contributed by atoms with Crippen LogP contribution in [0.15, 0.2) is 47.5 Å². The zero-order chi connectivity index (χ0) is 15.7. The number of benzene rings is 2. The van der Waals surface area contributed by atoms with Crippen LogP contribution in [-0.2, 0) is 0 Å². The molecule has 22 heavy (non-hydrogen) atoms. The lowest BCUT2D eigenvalue weighted by atomic mass is 9.98. The van der Waals surface area contributed by atoms with Crippen molar-refractivity contribution in [3.05, 3.63) is 65.0 Å². The van der Waals surface area contributed by atoms with Crippen molar-refractivity contribution in [3.8, 4) is 12.3 Å². The van der Waals surface area contributed by atoms with Crippen LogP contribution in [0.2, 0.25) is 0 Å². The molecule has 1 heterocycles. The van der Waals surface area contributed by atoms with E-state index >= 15 is 0 Å². The fourth-order valence-corrected chi connectivity index (χ4v) is 2.63. The second-order valence-corrected chi connectivity index (χ2v) is 5.44. The zero-order valence-corrected chi connectivity index (χ0v) is 12.8. The number of halogens is 1. The SMILES string of the molecule is C#Cc1ccc2c(c1)C(c1ccccc1F)=NCC(=S)N2C. The first kappa shape index (κ1) is 14.4. The van der Waals surface area contributed by atoms with Crippen LogP contribution in [0.1, 0.15) is 16.7 Å². The summed E-state index contributed by atoms with van der Waals surface area (Å²) in [6, 6.07) is 12.2. The van der Waals surface area contributed by atoms with E-state index in [4.69, 9.17) is 18.6 Å². The molecule has 0 radical (unpaired) electrons. The van der Waals surface area contributed by atoms with Gasteiger partial charge < -0.3 is 4.90 Å². The van der Waals surface area contributed by atoms with Gasteiger partial charge in [0, 0.05) is 23.7 Å². The molecule has 4 heteroatoms. The van der Waals surface area contributed by atoms with Crippen molar-refractivity contribution in [1.82, 2.24) is 0 Å². The van der Waals surface area contributed by atoms with Crippen LogP contribution >= 0.6 is 12.2 Å². The smallest absolute Gasteiger partial charge is 0.132 e. The lowest BCUT2D eigenvalue weighted by Gasteiger charge is -2.20. The molecule has 0 N–H and O–H groups in total. The molecule has 0 amide bonds. The van der Waals surface area contributed by atoms with Gasteiger partial charge in [0.05, 0.1) is 17.9 Å². The molecule has 0 spiro atoms. The number of nitrogens with zero attached hydrogens (tertiary/aromatic N) is 2. The van der Waals surface area contributed by atoms with E-state index in [9.17, 15) is 4.39 Å². The van der Waals surface area contributed by atoms with Crippen molar-refractivity contribution in [3.63, 3.8) is 0 Å². The van der Waals surface area contributed by atoms with Gasteiger partial charge in [-0.05, 0) is 30.3 Å². The maximum Gasteiger partial charge on any atom is 0.132 e. The molecule has 1 aliphatic heterocycles. The molecule has 0 atom stereocenters. The second kappa shape index (κ2) is 5.70. The Kier molecular flexibility index (Phi) is 3.74. The number of likely N-dealkylation sites (N-methyl/N-ethyl adjacent to an activating group) is 1. The zero-order valence-electron chi connectivity index (χ0n) is 12.0. The maximum absolute atomic E-state index is 14.2. The third-order valence-electron chi connectivity index (χ3n) is 3.66. The summed E-state index contributed by atoms with van der Waals surface area (Å²) in [6.07, 6.45) is 5.49. The largest absolute Gasteiger partial charge is 0.337 e. The van der Waals surface area contributed by atoms with Gasteiger partial charge in [-0.1, -0.05) is 30.3 Å². The average molecular weight is 308 g/mol. The van der Waals surface area contributed by atoms with Crippen LogP contribution in [0.5, 0.6) is 0 Å². The predicted molar refractivity (Wildman–Crippen MR) is 92.3 cm³/mol. The monoisotopic (exact) mass is 308 g/mol. The number of rotatable bonds is 1. The second-order valence-electron chi connectivity index (χ2n) is 4.97. The standard InChI is InChI=1S/C18H13FN2S/c1-3-12-8-9-16-14(10-12)18(20-11-17(22)21(16)2)13-6-4-5-7-15(13)19/h1,4-10H,11H2,2H3. The first-order valence-corrected chi connectivity index (χ1v) is 7.19. The Balaban J connectivity index is 2.28. The lowest BCUT2D eigenvalue weighted by Crippen LogP contribution is -2.26. The molecule has 108 valence electrons. The van der Waals surface area contributed by atoms with E-state index < -0.39 is 0 Å². The Hall–Kier alpha value is -2.51. The van der Waals surface area contributed by atoms with E-state index in [1.165, 1.54) is 6.07 Å². The minimum atomic E-state index is -0.311. The van der Waals surface area contributed by atoms with E-state index in [-0.39, 0.29) is 5.82 Å². The van der Waals surface area contributed by atoms with Gasteiger partial charge in [-0.25, -0.2) is 4.39 Å². The summed E-state index contributed by atoms with van der Waals surface area (Å²) in [5.41, 5.74) is 3.43. The molecule has 0 fully saturated rings. The van der Waals surface area contributed by atoms with Crippen LogP contribution in [0, 0.1) is 18.2 Å². The highest BCUT2D eigenvalue weighted by Crippen LogP contribution is 2.28. The van der Waals surface area contributed by atoms with Gasteiger partial charge in [0.25, 0.3) is 0 Å². The van der Waals surface area contributed by atoms with Crippen LogP contribution in [0.3, 0.4) is 0 Å². The number of benzodiazepines with no additional fused rings is 1. The fraction of sp³-hybridized carbons (Fsp3) is 0.111. The van der Waals surface area contributed by atoms with Crippen LogP contribution in [0.4, 0.5) is 10.1 Å². The normalized spacial score (nSPS) is 14.0. The number of fused-ring (bicyclic) bond motifs is 1. The molecule has 0 aromatic heterocycles. The van der Waals surface area contributed by atoms with Gasteiger partial charge in [0.1, 0.15) is 10.8 Å². The van der Waals surface area contributed by atoms with Crippen molar-refractivity contribution in [2.45, 2.75) is 0 Å². The van der Waals surface area contributed by atoms with Crippen molar-refractivity contribution < 1.29 is 4.39 Å². The molecule has 2 aromatic rings. The molecule has 0 saturated carbocycles. The van der Waals surface area contributed by atoms with E-state index in [1.54, 1.807) is 18.2 Å². The van der Waals surface area contributed by atoms with Crippen molar-refractivity contribution in [2.24, 2.45) is 4.99 Å². The number of aliphatic imine (C=N–C) groups is 1. The number of thiocarbonyl (C=S) groups is 1. The highest BCUT2D eigenvalue weighted by molar-refractivity contribution is 7.80. The van der Waals surface area contributed by atoms with Crippen molar-refractivity contribution in [2.75, 3.05) is 18.5 Å². The summed E-state index contributed by atoms with van der Waals surface area (Å²) >= 11 is 5.37. The number of anilines is 1. The predicted octanol–water partition coefficient (Wildman–Crippen LogP) is 3.42. The Morgan fingerprint density at radius 1 is 1.23 bits per heavy atom. The van der Waals surface area contributed by atoms with E-state index in [1.807, 2.05) is 30.1 Å². The van der Waals surface area contributed by atoms with Crippen LogP contribution in [-0.4, -0.2) is 24.3 Å². The Bertz CT molecular complexity index is 833. The molecule has 2 nitrogen and oxygen atoms in total. The first-order valence-electron chi connectivity index (χ1n) is 6.78. The summed E-state index contributed by atoms with van der Waals surface area (Å²) in [6.45, 7) is 0.343. The third kappa shape index (κ3) is 2.40. The number of terminal acetylenes is 1. The van der Waals surface area contributed by atoms with Gasteiger partial charge in [-0.2, -0.15) is 0 Å². The highest BCUT2D eigenvalue weighted by Gasteiger charge is 2.22. The summed E-state index contributed by atoms with van der Waals surface area (Å²) in [5, 5.41) is 0. The van der Waals surface area contributed by atoms with Gasteiger partial charge in [0.2, 0.25) is 0 Å². The van der Waals surface area contributed by atoms with Gasteiger partial charge in [-0.15, -0.1) is 6.42 Å². The van der Waals surface area contributed by atoms with E-state index in [0.29, 0.717) is 22.8 Å². The molecule has 0 aliphatic carbocycles. The minimum absolute atomic E-state index is 0.311. The maximum atomic E-state index is 14.2. The van der Waals surface area contributed by atoms with Gasteiger partial charge in [-0.3, -0.25) is 4.99 Å². The minimum Gasteiger partial charge on any atom is -0.337 e. The Morgan fingerprint density at radius 3 is 2.73 bits per heavy atom. The Labute approximate surface area is 134 Å². The molecular weight excluding hydrogens is 295 g/mol. The number of hydrogen-bond donors (Lipinski definition) is 0. The third-order valence-corrected chi connectivity index (χ3v) is 4.06. The lowest BCUT2D eigenvalue weighted by molar-refractivity contribution is 0.625. The summed E-state index contributed by atoms with van der Waals surface area (Å²) in [5.74, 6) is 2.30. The van der Waals surface area contributed by atoms with Crippen LogP contribution < -0.4 is 4.90 Å². The van der Waals surface area contributed by atoms with Crippen molar-refractivity contribution in [1.29, 1.82) is 0 Å². The molecule has 2 aromatic carbocycles. The topological polar surface area (TPSA) is 15.6 Å². The van der Waals surface area contributed by atoms with E-state index in [2.05, 4.69) is 10.9 Å². The quantitative estimate of drug-likeness (QED) is 0.592. The fourth-order valence-electron chi connectivity index (χ4n) is 2.46. The average Bonchev–Trinajstić information content (AvgIpc) is 2.66. The van der Waals surface area contributed by atoms with Crippen molar-refractivity contribution >= 4 is 28.6 Å². The van der Waals surface area contributed by atoms with Crippen LogP contribution in [0.25, 0.3) is 0 Å². The van der Waals surface area contributed by atoms with E-state index in [0.717, 1.165) is 16.8 Å². The molecule has 3 rings (SSSR count). The number of hydrogen-bond acceptors (Lipinski definition) is 2. The summed E-state index contributed by atoms with van der Waals surface area (Å²) < 4.78 is 14.2. The summed E-state index contributed by atoms with van der Waals surface area (Å²) in [4.78, 5) is 7.10. The summed E-state index contributed by atoms with van der Waals surface area (Å²) in [7, 11) is 1.89. The Morgan fingerprint density at radius 2 is 2.00 bits per heavy atom. The molecule has 1 aliphatic rings. The molecular formula is C18H13FN2S. The molecule has 0 unspecified atom stereocenters. The highest BCUT2D eigenvalue weighted by atomic mass is 32.1. The van der Waals surface area contributed by atoms with Gasteiger partial charge >= 0.3 is 0 Å².